The molecule has 0 radical (unpaired) electrons. The van der Waals surface area contributed by atoms with Crippen LogP contribution in [0.2, 0.25) is 0 Å². The lowest BCUT2D eigenvalue weighted by atomic mass is 9.74. The number of hydrogen-bond donors (Lipinski definition) is 3. The quantitative estimate of drug-likeness (QED) is 0.705. The van der Waals surface area contributed by atoms with Crippen molar-refractivity contribution in [2.75, 3.05) is 0 Å². The van der Waals surface area contributed by atoms with Crippen molar-refractivity contribution in [2.45, 2.75) is 44.7 Å². The minimum Gasteiger partial charge on any atom is -0.504 e. The van der Waals surface area contributed by atoms with Gasteiger partial charge in [-0.05, 0) is 42.2 Å². The van der Waals surface area contributed by atoms with E-state index in [0.717, 1.165) is 48.5 Å². The maximum Gasteiger partial charge on any atom is 0.157 e. The number of nitrogens with one attached hydrogen (secondary N) is 1. The summed E-state index contributed by atoms with van der Waals surface area (Å²) in [4.78, 5) is 0. The van der Waals surface area contributed by atoms with Crippen LogP contribution in [0, 0.1) is 0 Å². The molecule has 1 aromatic carbocycles. The zero-order valence-corrected chi connectivity index (χ0v) is 12.0. The van der Waals surface area contributed by atoms with Crippen molar-refractivity contribution in [3.63, 3.8) is 0 Å². The highest BCUT2D eigenvalue weighted by atomic mass is 16.3. The fourth-order valence-corrected chi connectivity index (χ4v) is 3.74. The lowest BCUT2D eigenvalue weighted by Crippen LogP contribution is -2.42. The molecule has 1 aromatic heterocycles. The maximum absolute atomic E-state index is 9.87. The fraction of sp³-hybridized carbons (Fsp3) is 0.412. The van der Waals surface area contributed by atoms with Crippen LogP contribution < -0.4 is 5.32 Å². The van der Waals surface area contributed by atoms with Gasteiger partial charge in [0.2, 0.25) is 0 Å². The number of fused-ring (bicyclic) bond motifs is 5. The Morgan fingerprint density at radius 3 is 2.81 bits per heavy atom. The molecule has 2 heterocycles. The second kappa shape index (κ2) is 4.53. The Morgan fingerprint density at radius 1 is 1.19 bits per heavy atom. The number of benzene rings is 1. The average Bonchev–Trinajstić information content (AvgIpc) is 2.91. The molecule has 0 saturated carbocycles. The van der Waals surface area contributed by atoms with E-state index in [0.29, 0.717) is 6.04 Å². The van der Waals surface area contributed by atoms with E-state index in [2.05, 4.69) is 18.3 Å². The number of phenols is 2. The first-order valence-electron chi connectivity index (χ1n) is 7.57. The molecule has 0 fully saturated rings. The van der Waals surface area contributed by atoms with Crippen LogP contribution in [0.15, 0.2) is 22.6 Å². The van der Waals surface area contributed by atoms with Crippen LogP contribution in [0.5, 0.6) is 11.5 Å². The topological polar surface area (TPSA) is 65.6 Å². The van der Waals surface area contributed by atoms with Crippen LogP contribution in [0.1, 0.15) is 47.5 Å². The number of rotatable bonds is 1. The summed E-state index contributed by atoms with van der Waals surface area (Å²) in [6.45, 7) is 2.86. The molecule has 0 amide bonds. The molecule has 1 aliphatic carbocycles. The van der Waals surface area contributed by atoms with Crippen LogP contribution in [-0.4, -0.2) is 16.3 Å². The van der Waals surface area contributed by atoms with Crippen LogP contribution in [0.4, 0.5) is 0 Å². The van der Waals surface area contributed by atoms with E-state index in [1.807, 2.05) is 0 Å². The fourth-order valence-electron chi connectivity index (χ4n) is 3.74. The minimum absolute atomic E-state index is 0.0300. The molecule has 4 rings (SSSR count). The molecule has 0 unspecified atom stereocenters. The molecule has 0 spiro atoms. The van der Waals surface area contributed by atoms with Gasteiger partial charge in [-0.3, -0.25) is 0 Å². The monoisotopic (exact) mass is 285 g/mol. The Hall–Kier alpha value is -1.94. The number of aryl methyl sites for hydroxylation is 2. The van der Waals surface area contributed by atoms with Gasteiger partial charge in [0.05, 0.1) is 6.54 Å². The van der Waals surface area contributed by atoms with Crippen LogP contribution in [-0.2, 0) is 19.4 Å². The standard InChI is InChI=1S/C17H19NO3/c1-2-10-6-12-16(21-10)8-18-13-4-3-9-5-14(19)15(20)7-11(9)17(12)13/h5-7,13,17-20H,2-4,8H2,1H3/t13-,17+/m1/s1. The van der Waals surface area contributed by atoms with Crippen molar-refractivity contribution < 1.29 is 14.6 Å². The summed E-state index contributed by atoms with van der Waals surface area (Å²) < 4.78 is 5.90. The number of phenolic OH excluding ortho intramolecular Hbond substituents is 2. The van der Waals surface area contributed by atoms with Gasteiger partial charge in [0.25, 0.3) is 0 Å². The van der Waals surface area contributed by atoms with Crippen molar-refractivity contribution in [1.82, 2.24) is 5.32 Å². The third kappa shape index (κ3) is 1.86. The van der Waals surface area contributed by atoms with E-state index in [4.69, 9.17) is 4.42 Å². The Labute approximate surface area is 123 Å². The molecule has 21 heavy (non-hydrogen) atoms. The van der Waals surface area contributed by atoms with Gasteiger partial charge in [-0.1, -0.05) is 6.92 Å². The molecule has 0 saturated heterocycles. The maximum atomic E-state index is 9.87. The van der Waals surface area contributed by atoms with Gasteiger partial charge in [0.1, 0.15) is 11.5 Å². The van der Waals surface area contributed by atoms with E-state index in [9.17, 15) is 10.2 Å². The number of aromatic hydroxyl groups is 2. The van der Waals surface area contributed by atoms with E-state index >= 15 is 0 Å². The van der Waals surface area contributed by atoms with Crippen molar-refractivity contribution in [3.8, 4) is 11.5 Å². The van der Waals surface area contributed by atoms with Gasteiger partial charge in [-0.15, -0.1) is 0 Å². The Kier molecular flexibility index (Phi) is 2.76. The molecule has 4 heteroatoms. The molecule has 1 aliphatic heterocycles. The molecule has 110 valence electrons. The summed E-state index contributed by atoms with van der Waals surface area (Å²) in [7, 11) is 0. The second-order valence-electron chi connectivity index (χ2n) is 5.99. The van der Waals surface area contributed by atoms with E-state index in [1.165, 1.54) is 5.56 Å². The SMILES string of the molecule is CCc1cc2c(o1)CN[C@@H]1CCc3cc(O)c(O)cc3[C@@H]21. The molecule has 0 bridgehead atoms. The Morgan fingerprint density at radius 2 is 2.00 bits per heavy atom. The summed E-state index contributed by atoms with van der Waals surface area (Å²) in [6.07, 6.45) is 2.84. The predicted octanol–water partition coefficient (Wildman–Crippen LogP) is 2.80. The highest BCUT2D eigenvalue weighted by molar-refractivity contribution is 5.52. The van der Waals surface area contributed by atoms with E-state index in [-0.39, 0.29) is 17.4 Å². The molecule has 4 nitrogen and oxygen atoms in total. The lowest BCUT2D eigenvalue weighted by molar-refractivity contribution is 0.347. The highest BCUT2D eigenvalue weighted by Crippen LogP contribution is 2.44. The number of hydrogen-bond acceptors (Lipinski definition) is 4. The van der Waals surface area contributed by atoms with E-state index in [1.54, 1.807) is 12.1 Å². The highest BCUT2D eigenvalue weighted by Gasteiger charge is 2.37. The molecule has 3 N–H and O–H groups in total. The summed E-state index contributed by atoms with van der Waals surface area (Å²) in [5, 5.41) is 23.1. The molecular weight excluding hydrogens is 266 g/mol. The van der Waals surface area contributed by atoms with Gasteiger partial charge < -0.3 is 19.9 Å². The van der Waals surface area contributed by atoms with Crippen molar-refractivity contribution >= 4 is 0 Å². The summed E-state index contributed by atoms with van der Waals surface area (Å²) >= 11 is 0. The molecule has 2 atom stereocenters. The van der Waals surface area contributed by atoms with Crippen molar-refractivity contribution in [3.05, 3.63) is 46.4 Å². The normalized spacial score (nSPS) is 23.3. The van der Waals surface area contributed by atoms with Gasteiger partial charge in [-0.2, -0.15) is 0 Å². The molecule has 2 aliphatic rings. The smallest absolute Gasteiger partial charge is 0.157 e. The second-order valence-corrected chi connectivity index (χ2v) is 5.99. The van der Waals surface area contributed by atoms with Crippen LogP contribution in [0.25, 0.3) is 0 Å². The third-order valence-electron chi connectivity index (χ3n) is 4.80. The van der Waals surface area contributed by atoms with Crippen molar-refractivity contribution in [1.29, 1.82) is 0 Å². The number of furan rings is 1. The molecular formula is C17H19NO3. The first-order valence-corrected chi connectivity index (χ1v) is 7.57. The van der Waals surface area contributed by atoms with Gasteiger partial charge in [-0.25, -0.2) is 0 Å². The summed E-state index contributed by atoms with van der Waals surface area (Å²) in [5.41, 5.74) is 3.47. The Bertz CT molecular complexity index is 704. The lowest BCUT2D eigenvalue weighted by Gasteiger charge is -2.37. The zero-order chi connectivity index (χ0) is 14.6. The van der Waals surface area contributed by atoms with Crippen LogP contribution >= 0.6 is 0 Å². The minimum atomic E-state index is -0.0410. The first-order chi connectivity index (χ1) is 10.2. The first kappa shape index (κ1) is 12.8. The summed E-state index contributed by atoms with van der Waals surface area (Å²) in [5.74, 6) is 2.15. The van der Waals surface area contributed by atoms with Crippen molar-refractivity contribution in [2.24, 2.45) is 0 Å². The van der Waals surface area contributed by atoms with Gasteiger partial charge in [0.15, 0.2) is 11.5 Å². The molecule has 2 aromatic rings. The predicted molar refractivity (Wildman–Crippen MR) is 78.6 cm³/mol. The van der Waals surface area contributed by atoms with Gasteiger partial charge in [0, 0.05) is 23.9 Å². The third-order valence-corrected chi connectivity index (χ3v) is 4.80. The van der Waals surface area contributed by atoms with E-state index < -0.39 is 0 Å². The van der Waals surface area contributed by atoms with Gasteiger partial charge >= 0.3 is 0 Å². The average molecular weight is 285 g/mol. The zero-order valence-electron chi connectivity index (χ0n) is 12.0. The summed E-state index contributed by atoms with van der Waals surface area (Å²) in [6, 6.07) is 5.95. The Balaban J connectivity index is 1.88. The largest absolute Gasteiger partial charge is 0.504 e. The van der Waals surface area contributed by atoms with Crippen LogP contribution in [0.3, 0.4) is 0 Å².